The summed E-state index contributed by atoms with van der Waals surface area (Å²) in [5.41, 5.74) is 6.45. The van der Waals surface area contributed by atoms with E-state index in [4.69, 9.17) is 26.8 Å². The van der Waals surface area contributed by atoms with Gasteiger partial charge in [0.25, 0.3) is 0 Å². The summed E-state index contributed by atoms with van der Waals surface area (Å²) in [5.74, 6) is 0.461. The highest BCUT2D eigenvalue weighted by Crippen LogP contribution is 2.43. The predicted octanol–water partition coefficient (Wildman–Crippen LogP) is 3.38. The fourth-order valence-electron chi connectivity index (χ4n) is 3.22. The minimum Gasteiger partial charge on any atom is -0.381 e. The van der Waals surface area contributed by atoms with Gasteiger partial charge in [-0.05, 0) is 43.0 Å². The Bertz CT molecular complexity index is 425. The fourth-order valence-corrected chi connectivity index (χ4v) is 4.50. The van der Waals surface area contributed by atoms with Crippen LogP contribution in [0.1, 0.15) is 36.6 Å². The lowest BCUT2D eigenvalue weighted by Crippen LogP contribution is -2.46. The molecule has 0 aromatic carbocycles. The summed E-state index contributed by atoms with van der Waals surface area (Å²) >= 11 is 7.87. The second kappa shape index (κ2) is 5.70. The molecule has 5 heteroatoms. The van der Waals surface area contributed by atoms with Gasteiger partial charge in [0.2, 0.25) is 0 Å². The second-order valence-corrected chi connectivity index (χ2v) is 6.91. The van der Waals surface area contributed by atoms with Crippen molar-refractivity contribution in [1.82, 2.24) is 0 Å². The molecule has 2 N–H and O–H groups in total. The molecule has 2 saturated heterocycles. The molecule has 0 bridgehead atoms. The van der Waals surface area contributed by atoms with Gasteiger partial charge in [0.15, 0.2) is 0 Å². The van der Waals surface area contributed by atoms with Crippen molar-refractivity contribution in [2.24, 2.45) is 11.7 Å². The maximum absolute atomic E-state index is 6.44. The van der Waals surface area contributed by atoms with Crippen LogP contribution >= 0.6 is 22.9 Å². The quantitative estimate of drug-likeness (QED) is 0.911. The topological polar surface area (TPSA) is 44.5 Å². The number of rotatable bonds is 2. The van der Waals surface area contributed by atoms with Crippen LogP contribution in [-0.2, 0) is 9.47 Å². The van der Waals surface area contributed by atoms with Gasteiger partial charge in [0.05, 0.1) is 10.6 Å². The number of nitrogens with two attached hydrogens (primary N) is 1. The lowest BCUT2D eigenvalue weighted by molar-refractivity contribution is -0.149. The first-order chi connectivity index (χ1) is 9.20. The van der Waals surface area contributed by atoms with Crippen molar-refractivity contribution < 1.29 is 9.47 Å². The van der Waals surface area contributed by atoms with Crippen LogP contribution in [0.3, 0.4) is 0 Å². The third-order valence-electron chi connectivity index (χ3n) is 4.39. The zero-order valence-corrected chi connectivity index (χ0v) is 12.5. The maximum Gasteiger partial charge on any atom is 0.0729 e. The third kappa shape index (κ3) is 2.83. The van der Waals surface area contributed by atoms with Crippen molar-refractivity contribution in [3.8, 4) is 0 Å². The molecule has 2 unspecified atom stereocenters. The molecule has 0 saturated carbocycles. The first-order valence-corrected chi connectivity index (χ1v) is 8.16. The molecule has 2 aliphatic heterocycles. The molecule has 1 aromatic heterocycles. The Balaban J connectivity index is 1.72. The number of halogens is 1. The van der Waals surface area contributed by atoms with Gasteiger partial charge in [0.1, 0.15) is 0 Å². The molecule has 2 fully saturated rings. The predicted molar refractivity (Wildman–Crippen MR) is 77.7 cm³/mol. The first-order valence-electron chi connectivity index (χ1n) is 6.90. The molecule has 3 nitrogen and oxygen atoms in total. The molecular weight excluding hydrogens is 282 g/mol. The van der Waals surface area contributed by atoms with Crippen LogP contribution in [0.2, 0.25) is 5.02 Å². The van der Waals surface area contributed by atoms with Gasteiger partial charge in [-0.15, -0.1) is 11.3 Å². The van der Waals surface area contributed by atoms with Crippen LogP contribution < -0.4 is 5.73 Å². The van der Waals surface area contributed by atoms with Crippen LogP contribution in [0, 0.1) is 5.92 Å². The Kier molecular flexibility index (Phi) is 4.15. The van der Waals surface area contributed by atoms with Gasteiger partial charge in [-0.1, -0.05) is 11.6 Å². The summed E-state index contributed by atoms with van der Waals surface area (Å²) in [7, 11) is 0. The van der Waals surface area contributed by atoms with Gasteiger partial charge >= 0.3 is 0 Å². The Labute approximate surface area is 123 Å². The molecular formula is C14H20ClNO2S. The molecule has 1 aromatic rings. The van der Waals surface area contributed by atoms with Crippen LogP contribution in [-0.4, -0.2) is 25.4 Å². The third-order valence-corrected chi connectivity index (χ3v) is 5.85. The van der Waals surface area contributed by atoms with E-state index in [0.29, 0.717) is 5.92 Å². The molecule has 0 amide bonds. The number of hydrogen-bond acceptors (Lipinski definition) is 4. The summed E-state index contributed by atoms with van der Waals surface area (Å²) in [6.07, 6.45) is 4.05. The molecule has 1 spiro atoms. The monoisotopic (exact) mass is 301 g/mol. The molecule has 0 radical (unpaired) electrons. The van der Waals surface area contributed by atoms with E-state index in [0.717, 1.165) is 55.4 Å². The van der Waals surface area contributed by atoms with Crippen molar-refractivity contribution in [2.45, 2.75) is 37.3 Å². The minimum absolute atomic E-state index is 0.00250. The zero-order valence-electron chi connectivity index (χ0n) is 10.9. The average Bonchev–Trinajstić information content (AvgIpc) is 2.85. The van der Waals surface area contributed by atoms with Crippen LogP contribution in [0.4, 0.5) is 0 Å². The van der Waals surface area contributed by atoms with E-state index in [2.05, 4.69) is 0 Å². The van der Waals surface area contributed by atoms with Gasteiger partial charge in [0, 0.05) is 30.7 Å². The van der Waals surface area contributed by atoms with Gasteiger partial charge in [-0.25, -0.2) is 0 Å². The highest BCUT2D eigenvalue weighted by atomic mass is 35.5. The fraction of sp³-hybridized carbons (Fsp3) is 0.714. The summed E-state index contributed by atoms with van der Waals surface area (Å²) in [6.45, 7) is 2.42. The molecule has 2 aliphatic rings. The standard InChI is InChI=1S/C14H20ClNO2S/c15-11-2-8-19-13(11)12(16)10-1-5-18-14(9-10)3-6-17-7-4-14/h2,8,10,12H,1,3-7,9,16H2. The van der Waals surface area contributed by atoms with Crippen molar-refractivity contribution in [2.75, 3.05) is 19.8 Å². The SMILES string of the molecule is NC(c1sccc1Cl)C1CCOC2(CCOCC2)C1. The van der Waals surface area contributed by atoms with E-state index >= 15 is 0 Å². The highest BCUT2D eigenvalue weighted by molar-refractivity contribution is 7.10. The Morgan fingerprint density at radius 2 is 2.16 bits per heavy atom. The van der Waals surface area contributed by atoms with E-state index < -0.39 is 0 Å². The summed E-state index contributed by atoms with van der Waals surface area (Å²) in [4.78, 5) is 1.12. The smallest absolute Gasteiger partial charge is 0.0729 e. The summed E-state index contributed by atoms with van der Waals surface area (Å²) in [5, 5.41) is 2.83. The van der Waals surface area contributed by atoms with E-state index in [1.807, 2.05) is 11.4 Å². The molecule has 106 valence electrons. The minimum atomic E-state index is 0.00250. The number of hydrogen-bond donors (Lipinski definition) is 1. The van der Waals surface area contributed by atoms with Crippen LogP contribution in [0.25, 0.3) is 0 Å². The van der Waals surface area contributed by atoms with Gasteiger partial charge in [-0.2, -0.15) is 0 Å². The molecule has 19 heavy (non-hydrogen) atoms. The van der Waals surface area contributed by atoms with Crippen molar-refractivity contribution in [3.05, 3.63) is 21.3 Å². The molecule has 3 heterocycles. The Morgan fingerprint density at radius 1 is 1.37 bits per heavy atom. The van der Waals surface area contributed by atoms with Crippen LogP contribution in [0.5, 0.6) is 0 Å². The number of ether oxygens (including phenoxy) is 2. The van der Waals surface area contributed by atoms with E-state index in [1.54, 1.807) is 11.3 Å². The Hall–Kier alpha value is -0.130. The molecule has 3 rings (SSSR count). The lowest BCUT2D eigenvalue weighted by atomic mass is 9.77. The second-order valence-electron chi connectivity index (χ2n) is 5.56. The van der Waals surface area contributed by atoms with Crippen molar-refractivity contribution in [1.29, 1.82) is 0 Å². The first kappa shape index (κ1) is 13.8. The van der Waals surface area contributed by atoms with Gasteiger partial charge < -0.3 is 15.2 Å². The normalized spacial score (nSPS) is 28.4. The maximum atomic E-state index is 6.44. The zero-order chi connectivity index (χ0) is 13.3. The largest absolute Gasteiger partial charge is 0.381 e. The summed E-state index contributed by atoms with van der Waals surface area (Å²) in [6, 6.07) is 1.97. The van der Waals surface area contributed by atoms with E-state index in [-0.39, 0.29) is 11.6 Å². The van der Waals surface area contributed by atoms with Gasteiger partial charge in [-0.3, -0.25) is 0 Å². The van der Waals surface area contributed by atoms with E-state index in [1.165, 1.54) is 0 Å². The van der Waals surface area contributed by atoms with Crippen molar-refractivity contribution >= 4 is 22.9 Å². The summed E-state index contributed by atoms with van der Waals surface area (Å²) < 4.78 is 11.5. The lowest BCUT2D eigenvalue weighted by Gasteiger charge is -2.44. The molecule has 2 atom stereocenters. The molecule has 0 aliphatic carbocycles. The Morgan fingerprint density at radius 3 is 2.84 bits per heavy atom. The van der Waals surface area contributed by atoms with E-state index in [9.17, 15) is 0 Å². The van der Waals surface area contributed by atoms with Crippen LogP contribution in [0.15, 0.2) is 11.4 Å². The average molecular weight is 302 g/mol. The number of thiophene rings is 1. The van der Waals surface area contributed by atoms with Crippen molar-refractivity contribution in [3.63, 3.8) is 0 Å². The highest BCUT2D eigenvalue weighted by Gasteiger charge is 2.41.